The Morgan fingerprint density at radius 2 is 1.92 bits per heavy atom. The van der Waals surface area contributed by atoms with Gasteiger partial charge >= 0.3 is 18.1 Å². The highest BCUT2D eigenvalue weighted by Gasteiger charge is 2.41. The highest BCUT2D eigenvalue weighted by Crippen LogP contribution is 2.17. The lowest BCUT2D eigenvalue weighted by Gasteiger charge is -2.17. The predicted octanol–water partition coefficient (Wildman–Crippen LogP) is 1.85. The van der Waals surface area contributed by atoms with Gasteiger partial charge in [0, 0.05) is 12.8 Å². The van der Waals surface area contributed by atoms with Crippen molar-refractivity contribution in [3.63, 3.8) is 0 Å². The second-order valence-corrected chi connectivity index (χ2v) is 4.70. The van der Waals surface area contributed by atoms with Crippen LogP contribution in [0.25, 0.3) is 0 Å². The third-order valence-electron chi connectivity index (χ3n) is 2.93. The minimum atomic E-state index is -5.08. The topological polar surface area (TPSA) is 64.6 Å². The molecule has 0 saturated carbocycles. The maximum absolute atomic E-state index is 12.3. The standard InChI is InChI=1S/C16H16F3NO4/c1-3-4-9-24-12-7-5-11(6-8-12)10-13(14(21)23-2)20-15(22)16(17,18)19/h1,5-8,13H,4,9-10H2,2H3,(H,20,22)/t13-/m0/s1. The molecule has 0 unspecified atom stereocenters. The van der Waals surface area contributed by atoms with Crippen molar-refractivity contribution >= 4 is 11.9 Å². The molecule has 0 fully saturated rings. The number of benzene rings is 1. The zero-order valence-electron chi connectivity index (χ0n) is 12.9. The molecule has 1 amide bonds. The molecule has 130 valence electrons. The fourth-order valence-corrected chi connectivity index (χ4v) is 1.76. The number of amides is 1. The number of hydrogen-bond acceptors (Lipinski definition) is 4. The van der Waals surface area contributed by atoms with Gasteiger partial charge in [0.15, 0.2) is 0 Å². The van der Waals surface area contributed by atoms with Gasteiger partial charge in [0.25, 0.3) is 0 Å². The number of ether oxygens (including phenoxy) is 2. The first kappa shape index (κ1) is 19.4. The van der Waals surface area contributed by atoms with E-state index in [1.807, 2.05) is 0 Å². The highest BCUT2D eigenvalue weighted by atomic mass is 19.4. The summed E-state index contributed by atoms with van der Waals surface area (Å²) in [4.78, 5) is 22.6. The van der Waals surface area contributed by atoms with Crippen LogP contribution in [0.15, 0.2) is 24.3 Å². The van der Waals surface area contributed by atoms with E-state index in [9.17, 15) is 22.8 Å². The van der Waals surface area contributed by atoms with Gasteiger partial charge in [-0.1, -0.05) is 12.1 Å². The molecule has 1 N–H and O–H groups in total. The SMILES string of the molecule is C#CCCOc1ccc(C[C@H](NC(=O)C(F)(F)F)C(=O)OC)cc1. The molecule has 0 aromatic heterocycles. The van der Waals surface area contributed by atoms with Gasteiger partial charge in [0.1, 0.15) is 11.8 Å². The molecule has 0 radical (unpaired) electrons. The first-order valence-electron chi connectivity index (χ1n) is 6.88. The number of terminal acetylenes is 1. The van der Waals surface area contributed by atoms with Crippen molar-refractivity contribution in [1.29, 1.82) is 0 Å². The van der Waals surface area contributed by atoms with E-state index in [2.05, 4.69) is 10.7 Å². The molecule has 0 spiro atoms. The predicted molar refractivity (Wildman–Crippen MR) is 79.1 cm³/mol. The molecule has 0 bridgehead atoms. The Labute approximate surface area is 137 Å². The summed E-state index contributed by atoms with van der Waals surface area (Å²) < 4.78 is 46.7. The van der Waals surface area contributed by atoms with Gasteiger partial charge in [0.2, 0.25) is 0 Å². The van der Waals surface area contributed by atoms with E-state index in [0.717, 1.165) is 7.11 Å². The third kappa shape index (κ3) is 6.20. The quantitative estimate of drug-likeness (QED) is 0.466. The Morgan fingerprint density at radius 1 is 1.29 bits per heavy atom. The molecule has 24 heavy (non-hydrogen) atoms. The molecule has 5 nitrogen and oxygen atoms in total. The minimum Gasteiger partial charge on any atom is -0.493 e. The number of hydrogen-bond donors (Lipinski definition) is 1. The Bertz CT molecular complexity index is 605. The molecule has 1 rings (SSSR count). The van der Waals surface area contributed by atoms with E-state index in [1.165, 1.54) is 0 Å². The van der Waals surface area contributed by atoms with E-state index in [0.29, 0.717) is 24.3 Å². The van der Waals surface area contributed by atoms with Gasteiger partial charge in [-0.05, 0) is 17.7 Å². The first-order valence-corrected chi connectivity index (χ1v) is 6.88. The van der Waals surface area contributed by atoms with Crippen molar-refractivity contribution in [2.75, 3.05) is 13.7 Å². The first-order chi connectivity index (χ1) is 11.3. The Balaban J connectivity index is 2.75. The number of alkyl halides is 3. The molecule has 0 aliphatic heterocycles. The monoisotopic (exact) mass is 343 g/mol. The normalized spacial score (nSPS) is 12.0. The lowest BCUT2D eigenvalue weighted by atomic mass is 10.1. The van der Waals surface area contributed by atoms with E-state index in [4.69, 9.17) is 11.2 Å². The molecule has 8 heteroatoms. The van der Waals surface area contributed by atoms with Crippen LogP contribution in [-0.2, 0) is 20.7 Å². The Hall–Kier alpha value is -2.69. The number of nitrogens with one attached hydrogen (secondary N) is 1. The summed E-state index contributed by atoms with van der Waals surface area (Å²) in [5, 5.41) is 1.62. The van der Waals surface area contributed by atoms with Crippen LogP contribution in [0.3, 0.4) is 0 Å². The second kappa shape index (κ2) is 8.82. The van der Waals surface area contributed by atoms with Crippen LogP contribution in [0.5, 0.6) is 5.75 Å². The molecule has 0 saturated heterocycles. The summed E-state index contributed by atoms with van der Waals surface area (Å²) in [6, 6.07) is 4.87. The van der Waals surface area contributed by atoms with Crippen LogP contribution in [-0.4, -0.2) is 37.8 Å². The van der Waals surface area contributed by atoms with Crippen molar-refractivity contribution < 1.29 is 32.2 Å². The lowest BCUT2D eigenvalue weighted by Crippen LogP contribution is -2.48. The largest absolute Gasteiger partial charge is 0.493 e. The Kier molecular flexibility index (Phi) is 7.11. The van der Waals surface area contributed by atoms with Gasteiger partial charge in [-0.15, -0.1) is 12.3 Å². The fraction of sp³-hybridized carbons (Fsp3) is 0.375. The molecule has 1 aromatic carbocycles. The maximum atomic E-state index is 12.3. The minimum absolute atomic E-state index is 0.154. The molecule has 0 aliphatic carbocycles. The van der Waals surface area contributed by atoms with Crippen molar-refractivity contribution in [2.45, 2.75) is 25.1 Å². The van der Waals surface area contributed by atoms with E-state index >= 15 is 0 Å². The van der Waals surface area contributed by atoms with E-state index in [1.54, 1.807) is 29.6 Å². The van der Waals surface area contributed by atoms with Crippen LogP contribution >= 0.6 is 0 Å². The fourth-order valence-electron chi connectivity index (χ4n) is 1.76. The van der Waals surface area contributed by atoms with Gasteiger partial charge < -0.3 is 14.8 Å². The van der Waals surface area contributed by atoms with Crippen molar-refractivity contribution in [3.8, 4) is 18.1 Å². The van der Waals surface area contributed by atoms with E-state index < -0.39 is 24.1 Å². The Morgan fingerprint density at radius 3 is 2.42 bits per heavy atom. The van der Waals surface area contributed by atoms with Gasteiger partial charge in [-0.3, -0.25) is 4.79 Å². The molecule has 1 atom stereocenters. The molecular formula is C16H16F3NO4. The summed E-state index contributed by atoms with van der Waals surface area (Å²) in [5.41, 5.74) is 0.525. The second-order valence-electron chi connectivity index (χ2n) is 4.70. The number of carbonyl (C=O) groups is 2. The van der Waals surface area contributed by atoms with Crippen molar-refractivity contribution in [2.24, 2.45) is 0 Å². The van der Waals surface area contributed by atoms with Crippen molar-refractivity contribution in [1.82, 2.24) is 5.32 Å². The molecule has 1 aromatic rings. The number of halogens is 3. The zero-order chi connectivity index (χ0) is 18.2. The van der Waals surface area contributed by atoms with Crippen LogP contribution in [0.1, 0.15) is 12.0 Å². The number of esters is 1. The third-order valence-corrected chi connectivity index (χ3v) is 2.93. The zero-order valence-corrected chi connectivity index (χ0v) is 12.9. The van der Waals surface area contributed by atoms with Crippen LogP contribution in [0, 0.1) is 12.3 Å². The number of methoxy groups -OCH3 is 1. The van der Waals surface area contributed by atoms with Crippen molar-refractivity contribution in [3.05, 3.63) is 29.8 Å². The van der Waals surface area contributed by atoms with Gasteiger partial charge in [-0.2, -0.15) is 13.2 Å². The number of carbonyl (C=O) groups excluding carboxylic acids is 2. The maximum Gasteiger partial charge on any atom is 0.471 e. The van der Waals surface area contributed by atoms with Crippen LogP contribution in [0.4, 0.5) is 13.2 Å². The molecular weight excluding hydrogens is 327 g/mol. The summed E-state index contributed by atoms with van der Waals surface area (Å²) >= 11 is 0. The van der Waals surface area contributed by atoms with E-state index in [-0.39, 0.29) is 6.42 Å². The smallest absolute Gasteiger partial charge is 0.471 e. The van der Waals surface area contributed by atoms with Gasteiger partial charge in [0.05, 0.1) is 13.7 Å². The summed E-state index contributed by atoms with van der Waals surface area (Å²) in [7, 11) is 1.03. The average molecular weight is 343 g/mol. The molecule has 0 heterocycles. The average Bonchev–Trinajstić information content (AvgIpc) is 2.54. The summed E-state index contributed by atoms with van der Waals surface area (Å²) in [6.07, 6.45) is 0.299. The van der Waals surface area contributed by atoms with Crippen LogP contribution in [0.2, 0.25) is 0 Å². The highest BCUT2D eigenvalue weighted by molar-refractivity contribution is 5.87. The molecule has 0 aliphatic rings. The van der Waals surface area contributed by atoms with Gasteiger partial charge in [-0.25, -0.2) is 4.79 Å². The lowest BCUT2D eigenvalue weighted by molar-refractivity contribution is -0.175. The summed E-state index contributed by atoms with van der Waals surface area (Å²) in [6.45, 7) is 0.336. The van der Waals surface area contributed by atoms with Crippen LogP contribution < -0.4 is 10.1 Å². The summed E-state index contributed by atoms with van der Waals surface area (Å²) in [5.74, 6) is -0.225. The number of rotatable bonds is 7.